The first kappa shape index (κ1) is 16.6. The molecule has 2 aromatic rings. The summed E-state index contributed by atoms with van der Waals surface area (Å²) in [6, 6.07) is 12.3. The van der Waals surface area contributed by atoms with E-state index in [1.165, 1.54) is 0 Å². The Labute approximate surface area is 133 Å². The van der Waals surface area contributed by atoms with Gasteiger partial charge in [0.2, 0.25) is 0 Å². The van der Waals surface area contributed by atoms with Gasteiger partial charge in [-0.3, -0.25) is 5.41 Å². The van der Waals surface area contributed by atoms with Crippen molar-refractivity contribution in [2.24, 2.45) is 5.73 Å². The predicted octanol–water partition coefficient (Wildman–Crippen LogP) is 4.28. The minimum absolute atomic E-state index is 0. The Hall–Kier alpha value is -1.42. The minimum Gasteiger partial charge on any atom is -0.489 e. The Kier molecular flexibility index (Phi) is 6.14. The zero-order valence-corrected chi connectivity index (χ0v) is 12.7. The summed E-state index contributed by atoms with van der Waals surface area (Å²) < 4.78 is 5.61. The minimum atomic E-state index is 0. The third-order valence-corrected chi connectivity index (χ3v) is 3.32. The van der Waals surface area contributed by atoms with Gasteiger partial charge in [-0.1, -0.05) is 29.3 Å². The molecule has 0 aliphatic rings. The topological polar surface area (TPSA) is 59.1 Å². The van der Waals surface area contributed by atoms with Crippen LogP contribution < -0.4 is 10.5 Å². The molecule has 6 heteroatoms. The second-order valence-electron chi connectivity index (χ2n) is 3.93. The number of nitrogen functional groups attached to an aromatic ring is 1. The van der Waals surface area contributed by atoms with Crippen LogP contribution in [0.15, 0.2) is 42.5 Å². The van der Waals surface area contributed by atoms with Gasteiger partial charge >= 0.3 is 0 Å². The lowest BCUT2D eigenvalue weighted by Gasteiger charge is -2.09. The van der Waals surface area contributed by atoms with Crippen LogP contribution >= 0.6 is 35.6 Å². The summed E-state index contributed by atoms with van der Waals surface area (Å²) in [5.74, 6) is 0.696. The summed E-state index contributed by atoms with van der Waals surface area (Å²) in [7, 11) is 0. The van der Waals surface area contributed by atoms with E-state index in [2.05, 4.69) is 0 Å². The number of amidine groups is 1. The predicted molar refractivity (Wildman–Crippen MR) is 85.5 cm³/mol. The van der Waals surface area contributed by atoms with Gasteiger partial charge in [-0.15, -0.1) is 12.4 Å². The van der Waals surface area contributed by atoms with Crippen molar-refractivity contribution in [3.63, 3.8) is 0 Å². The number of nitrogens with two attached hydrogens (primary N) is 1. The van der Waals surface area contributed by atoms with Crippen LogP contribution in [0, 0.1) is 5.41 Å². The van der Waals surface area contributed by atoms with Crippen molar-refractivity contribution in [1.29, 1.82) is 5.41 Å². The molecule has 0 unspecified atom stereocenters. The summed E-state index contributed by atoms with van der Waals surface area (Å²) >= 11 is 12.1. The Morgan fingerprint density at radius 2 is 1.60 bits per heavy atom. The lowest BCUT2D eigenvalue weighted by Crippen LogP contribution is -2.10. The lowest BCUT2D eigenvalue weighted by atomic mass is 10.2. The van der Waals surface area contributed by atoms with Crippen LogP contribution in [0.5, 0.6) is 5.75 Å². The van der Waals surface area contributed by atoms with E-state index in [0.717, 1.165) is 5.56 Å². The summed E-state index contributed by atoms with van der Waals surface area (Å²) in [5, 5.41) is 8.45. The summed E-state index contributed by atoms with van der Waals surface area (Å²) in [5.41, 5.74) is 6.78. The molecule has 0 fully saturated rings. The number of rotatable bonds is 4. The highest BCUT2D eigenvalue weighted by Gasteiger charge is 2.06. The van der Waals surface area contributed by atoms with Gasteiger partial charge in [0.1, 0.15) is 18.2 Å². The molecule has 0 aliphatic carbocycles. The molecule has 2 aromatic carbocycles. The zero-order valence-electron chi connectivity index (χ0n) is 10.4. The van der Waals surface area contributed by atoms with Crippen LogP contribution in [0.4, 0.5) is 0 Å². The van der Waals surface area contributed by atoms with Gasteiger partial charge in [-0.2, -0.15) is 0 Å². The van der Waals surface area contributed by atoms with Gasteiger partial charge in [0, 0.05) is 21.2 Å². The van der Waals surface area contributed by atoms with E-state index in [1.807, 2.05) is 0 Å². The quantitative estimate of drug-likeness (QED) is 0.649. The lowest BCUT2D eigenvalue weighted by molar-refractivity contribution is 0.306. The van der Waals surface area contributed by atoms with E-state index in [9.17, 15) is 0 Å². The maximum absolute atomic E-state index is 7.30. The Morgan fingerprint density at radius 3 is 2.10 bits per heavy atom. The van der Waals surface area contributed by atoms with Crippen molar-refractivity contribution in [2.45, 2.75) is 6.61 Å². The van der Waals surface area contributed by atoms with Crippen molar-refractivity contribution in [1.82, 2.24) is 0 Å². The van der Waals surface area contributed by atoms with Gasteiger partial charge in [-0.05, 0) is 36.4 Å². The van der Waals surface area contributed by atoms with Crippen molar-refractivity contribution in [3.05, 3.63) is 63.6 Å². The van der Waals surface area contributed by atoms with Crippen molar-refractivity contribution >= 4 is 41.4 Å². The number of nitrogens with one attached hydrogen (secondary N) is 1. The zero-order chi connectivity index (χ0) is 13.8. The fraction of sp³-hybridized carbons (Fsp3) is 0.0714. The van der Waals surface area contributed by atoms with Crippen LogP contribution in [0.1, 0.15) is 11.1 Å². The van der Waals surface area contributed by atoms with Gasteiger partial charge < -0.3 is 10.5 Å². The molecule has 0 bridgehead atoms. The second-order valence-corrected chi connectivity index (χ2v) is 4.74. The third-order valence-electron chi connectivity index (χ3n) is 2.61. The van der Waals surface area contributed by atoms with Crippen molar-refractivity contribution in [3.8, 4) is 5.75 Å². The number of hydrogen-bond donors (Lipinski definition) is 2. The Balaban J connectivity index is 0.00000200. The van der Waals surface area contributed by atoms with Crippen LogP contribution in [0.2, 0.25) is 10.0 Å². The highest BCUT2D eigenvalue weighted by atomic mass is 35.5. The summed E-state index contributed by atoms with van der Waals surface area (Å²) in [6.45, 7) is 0.290. The summed E-state index contributed by atoms with van der Waals surface area (Å²) in [6.07, 6.45) is 0. The molecular weight excluding hydrogens is 319 g/mol. The van der Waals surface area contributed by atoms with E-state index in [0.29, 0.717) is 21.4 Å². The molecule has 0 atom stereocenters. The number of hydrogen-bond acceptors (Lipinski definition) is 2. The molecule has 20 heavy (non-hydrogen) atoms. The monoisotopic (exact) mass is 330 g/mol. The van der Waals surface area contributed by atoms with Crippen LogP contribution in [-0.4, -0.2) is 5.84 Å². The van der Waals surface area contributed by atoms with E-state index < -0.39 is 0 Å². The first-order valence-electron chi connectivity index (χ1n) is 5.58. The Morgan fingerprint density at radius 1 is 1.05 bits per heavy atom. The molecule has 2 rings (SSSR count). The average molecular weight is 332 g/mol. The largest absolute Gasteiger partial charge is 0.489 e. The number of ether oxygens (including phenoxy) is 1. The fourth-order valence-electron chi connectivity index (χ4n) is 1.56. The third kappa shape index (κ3) is 4.04. The van der Waals surface area contributed by atoms with Gasteiger partial charge in [-0.25, -0.2) is 0 Å². The molecule has 0 heterocycles. The van der Waals surface area contributed by atoms with E-state index >= 15 is 0 Å². The second kappa shape index (κ2) is 7.39. The molecular formula is C14H13Cl3N2O. The van der Waals surface area contributed by atoms with Gasteiger partial charge in [0.15, 0.2) is 0 Å². The molecule has 0 aliphatic heterocycles. The fourth-order valence-corrected chi connectivity index (χ4v) is 2.06. The first-order chi connectivity index (χ1) is 9.08. The molecule has 0 aromatic heterocycles. The molecule has 0 saturated heterocycles. The van der Waals surface area contributed by atoms with Gasteiger partial charge in [0.25, 0.3) is 0 Å². The van der Waals surface area contributed by atoms with E-state index in [-0.39, 0.29) is 24.8 Å². The standard InChI is InChI=1S/C14H12Cl2N2O.ClH/c15-12-2-1-3-13(16)11(12)8-19-10-6-4-9(5-7-10)14(17)18;/h1-7H,8H2,(H3,17,18);1H. The molecule has 0 radical (unpaired) electrons. The van der Waals surface area contributed by atoms with Gasteiger partial charge in [0.05, 0.1) is 0 Å². The maximum Gasteiger partial charge on any atom is 0.122 e. The summed E-state index contributed by atoms with van der Waals surface area (Å²) in [4.78, 5) is 0. The van der Waals surface area contributed by atoms with Crippen molar-refractivity contribution < 1.29 is 4.74 Å². The van der Waals surface area contributed by atoms with Crippen LogP contribution in [0.3, 0.4) is 0 Å². The normalized spacial score (nSPS) is 9.70. The van der Waals surface area contributed by atoms with Crippen molar-refractivity contribution in [2.75, 3.05) is 0 Å². The van der Waals surface area contributed by atoms with E-state index in [4.69, 9.17) is 39.1 Å². The SMILES string of the molecule is Cl.N=C(N)c1ccc(OCc2c(Cl)cccc2Cl)cc1. The Bertz CT molecular complexity index is 580. The number of benzene rings is 2. The van der Waals surface area contributed by atoms with E-state index in [1.54, 1.807) is 42.5 Å². The molecule has 3 N–H and O–H groups in total. The smallest absolute Gasteiger partial charge is 0.122 e. The van der Waals surface area contributed by atoms with Crippen LogP contribution in [-0.2, 0) is 6.61 Å². The van der Waals surface area contributed by atoms with Crippen LogP contribution in [0.25, 0.3) is 0 Å². The molecule has 3 nitrogen and oxygen atoms in total. The molecule has 0 spiro atoms. The highest BCUT2D eigenvalue weighted by Crippen LogP contribution is 2.25. The first-order valence-corrected chi connectivity index (χ1v) is 6.33. The molecule has 106 valence electrons. The molecule has 0 saturated carbocycles. The maximum atomic E-state index is 7.30. The highest BCUT2D eigenvalue weighted by molar-refractivity contribution is 6.35. The number of halogens is 3. The average Bonchev–Trinajstić information content (AvgIpc) is 2.38. The molecule has 0 amide bonds.